The van der Waals surface area contributed by atoms with Crippen molar-refractivity contribution in [3.8, 4) is 0 Å². The van der Waals surface area contributed by atoms with E-state index in [1.807, 2.05) is 0 Å². The summed E-state index contributed by atoms with van der Waals surface area (Å²) in [5.74, 6) is 0.338. The molecule has 0 aromatic carbocycles. The number of hydrogen-bond acceptors (Lipinski definition) is 4. The summed E-state index contributed by atoms with van der Waals surface area (Å²) in [7, 11) is 0. The first-order valence-electron chi connectivity index (χ1n) is 6.22. The minimum atomic E-state index is 0.338. The van der Waals surface area contributed by atoms with Crippen LogP contribution in [0.2, 0.25) is 0 Å². The van der Waals surface area contributed by atoms with Crippen molar-refractivity contribution < 1.29 is 5.21 Å². The number of likely N-dealkylation sites (tertiary alicyclic amines) is 2. The third-order valence-corrected chi connectivity index (χ3v) is 3.72. The van der Waals surface area contributed by atoms with Gasteiger partial charge in [-0.3, -0.25) is 4.90 Å². The average molecular weight is 226 g/mol. The fourth-order valence-electron chi connectivity index (χ4n) is 2.74. The van der Waals surface area contributed by atoms with Gasteiger partial charge in [-0.1, -0.05) is 5.16 Å². The Hall–Kier alpha value is -0.810. The van der Waals surface area contributed by atoms with Crippen molar-refractivity contribution in [2.75, 3.05) is 32.7 Å². The van der Waals surface area contributed by atoms with Gasteiger partial charge in [0.15, 0.2) is 0 Å². The van der Waals surface area contributed by atoms with Crippen LogP contribution in [-0.2, 0) is 0 Å². The van der Waals surface area contributed by atoms with Gasteiger partial charge in [-0.15, -0.1) is 0 Å². The van der Waals surface area contributed by atoms with Crippen LogP contribution in [0.4, 0.5) is 0 Å². The molecule has 2 fully saturated rings. The van der Waals surface area contributed by atoms with E-state index in [-0.39, 0.29) is 0 Å². The first-order valence-corrected chi connectivity index (χ1v) is 6.22. The average Bonchev–Trinajstić information content (AvgIpc) is 2.95. The summed E-state index contributed by atoms with van der Waals surface area (Å²) in [4.78, 5) is 5.03. The van der Waals surface area contributed by atoms with Crippen LogP contribution >= 0.6 is 0 Å². The summed E-state index contributed by atoms with van der Waals surface area (Å²) in [6.07, 6.45) is 4.67. The van der Waals surface area contributed by atoms with Gasteiger partial charge in [0.1, 0.15) is 5.84 Å². The Morgan fingerprint density at radius 2 is 2.06 bits per heavy atom. The lowest BCUT2D eigenvalue weighted by atomic mass is 10.2. The van der Waals surface area contributed by atoms with Crippen molar-refractivity contribution in [1.82, 2.24) is 9.80 Å². The highest BCUT2D eigenvalue weighted by atomic mass is 16.4. The van der Waals surface area contributed by atoms with E-state index in [1.165, 1.54) is 32.4 Å². The van der Waals surface area contributed by atoms with E-state index in [0.29, 0.717) is 12.3 Å². The lowest BCUT2D eigenvalue weighted by Gasteiger charge is -2.23. The molecule has 1 unspecified atom stereocenters. The van der Waals surface area contributed by atoms with Gasteiger partial charge in [0.25, 0.3) is 0 Å². The molecule has 5 nitrogen and oxygen atoms in total. The normalized spacial score (nSPS) is 29.0. The summed E-state index contributed by atoms with van der Waals surface area (Å²) in [5, 5.41) is 11.5. The van der Waals surface area contributed by atoms with E-state index in [1.54, 1.807) is 0 Å². The zero-order chi connectivity index (χ0) is 11.4. The standard InChI is InChI=1S/C11H22N4O/c12-11(13-16)4-8-14-7-3-10(9-14)15-5-1-2-6-15/h10,16H,1-9H2,(H2,12,13). The van der Waals surface area contributed by atoms with Crippen molar-refractivity contribution >= 4 is 5.84 Å². The van der Waals surface area contributed by atoms with Crippen molar-refractivity contribution in [3.63, 3.8) is 0 Å². The van der Waals surface area contributed by atoms with Crippen LogP contribution in [0.25, 0.3) is 0 Å². The van der Waals surface area contributed by atoms with E-state index in [9.17, 15) is 0 Å². The highest BCUT2D eigenvalue weighted by Gasteiger charge is 2.28. The zero-order valence-corrected chi connectivity index (χ0v) is 9.81. The largest absolute Gasteiger partial charge is 0.409 e. The molecule has 0 aliphatic carbocycles. The quantitative estimate of drug-likeness (QED) is 0.313. The molecule has 2 aliphatic heterocycles. The Bertz CT molecular complexity index is 250. The molecule has 92 valence electrons. The van der Waals surface area contributed by atoms with Crippen LogP contribution in [0.1, 0.15) is 25.7 Å². The highest BCUT2D eigenvalue weighted by molar-refractivity contribution is 5.79. The number of oxime groups is 1. The van der Waals surface area contributed by atoms with Crippen LogP contribution in [0, 0.1) is 0 Å². The molecule has 2 rings (SSSR count). The Morgan fingerprint density at radius 1 is 1.31 bits per heavy atom. The van der Waals surface area contributed by atoms with Gasteiger partial charge in [0.2, 0.25) is 0 Å². The molecule has 1 atom stereocenters. The molecule has 0 radical (unpaired) electrons. The monoisotopic (exact) mass is 226 g/mol. The van der Waals surface area contributed by atoms with Gasteiger partial charge in [-0.05, 0) is 38.9 Å². The van der Waals surface area contributed by atoms with E-state index in [0.717, 1.165) is 25.7 Å². The van der Waals surface area contributed by atoms with E-state index in [2.05, 4.69) is 15.0 Å². The lowest BCUT2D eigenvalue weighted by Crippen LogP contribution is -2.36. The van der Waals surface area contributed by atoms with Gasteiger partial charge in [0.05, 0.1) is 0 Å². The zero-order valence-electron chi connectivity index (χ0n) is 9.81. The highest BCUT2D eigenvalue weighted by Crippen LogP contribution is 2.20. The molecule has 0 spiro atoms. The second-order valence-corrected chi connectivity index (χ2v) is 4.83. The smallest absolute Gasteiger partial charge is 0.140 e. The Morgan fingerprint density at radius 3 is 2.75 bits per heavy atom. The predicted molar refractivity (Wildman–Crippen MR) is 63.7 cm³/mol. The Kier molecular flexibility index (Phi) is 4.01. The van der Waals surface area contributed by atoms with E-state index in [4.69, 9.17) is 10.9 Å². The van der Waals surface area contributed by atoms with Crippen molar-refractivity contribution in [2.24, 2.45) is 10.9 Å². The third kappa shape index (κ3) is 2.86. The Labute approximate surface area is 96.9 Å². The van der Waals surface area contributed by atoms with E-state index >= 15 is 0 Å². The van der Waals surface area contributed by atoms with Crippen LogP contribution in [-0.4, -0.2) is 59.6 Å². The minimum absolute atomic E-state index is 0.338. The van der Waals surface area contributed by atoms with Gasteiger partial charge < -0.3 is 15.8 Å². The number of amidine groups is 1. The lowest BCUT2D eigenvalue weighted by molar-refractivity contribution is 0.233. The number of nitrogens with two attached hydrogens (primary N) is 1. The number of nitrogens with zero attached hydrogens (tertiary/aromatic N) is 3. The summed E-state index contributed by atoms with van der Waals surface area (Å²) in [6.45, 7) is 5.77. The van der Waals surface area contributed by atoms with Crippen molar-refractivity contribution in [1.29, 1.82) is 0 Å². The molecule has 5 heteroatoms. The van der Waals surface area contributed by atoms with Gasteiger partial charge in [-0.25, -0.2) is 0 Å². The first kappa shape index (κ1) is 11.7. The van der Waals surface area contributed by atoms with Crippen molar-refractivity contribution in [2.45, 2.75) is 31.7 Å². The molecule has 3 N–H and O–H groups in total. The summed E-state index contributed by atoms with van der Waals surface area (Å²) in [6, 6.07) is 0.745. The van der Waals surface area contributed by atoms with Gasteiger partial charge in [0, 0.05) is 25.6 Å². The maximum atomic E-state index is 8.47. The fraction of sp³-hybridized carbons (Fsp3) is 0.909. The molecule has 2 aliphatic rings. The molecule has 16 heavy (non-hydrogen) atoms. The molecule has 0 saturated carbocycles. The molecule has 2 heterocycles. The van der Waals surface area contributed by atoms with Crippen molar-refractivity contribution in [3.05, 3.63) is 0 Å². The molecule has 0 amide bonds. The summed E-state index contributed by atoms with van der Waals surface area (Å²) < 4.78 is 0. The maximum Gasteiger partial charge on any atom is 0.140 e. The topological polar surface area (TPSA) is 65.1 Å². The number of rotatable bonds is 4. The second-order valence-electron chi connectivity index (χ2n) is 4.83. The summed E-state index contributed by atoms with van der Waals surface area (Å²) >= 11 is 0. The predicted octanol–water partition coefficient (Wildman–Crippen LogP) is 0.293. The first-order chi connectivity index (χ1) is 7.79. The summed E-state index contributed by atoms with van der Waals surface area (Å²) in [5.41, 5.74) is 5.47. The molecular weight excluding hydrogens is 204 g/mol. The van der Waals surface area contributed by atoms with Crippen LogP contribution in [0.15, 0.2) is 5.16 Å². The molecule has 0 aromatic heterocycles. The molecule has 2 saturated heterocycles. The SMILES string of the molecule is NC(CCN1CCC(N2CCCC2)C1)=NO. The molecular formula is C11H22N4O. The van der Waals surface area contributed by atoms with Gasteiger partial charge >= 0.3 is 0 Å². The second kappa shape index (κ2) is 5.50. The van der Waals surface area contributed by atoms with Crippen LogP contribution in [0.3, 0.4) is 0 Å². The Balaban J connectivity index is 1.70. The number of hydrogen-bond donors (Lipinski definition) is 2. The fourth-order valence-corrected chi connectivity index (χ4v) is 2.74. The maximum absolute atomic E-state index is 8.47. The van der Waals surface area contributed by atoms with Crippen LogP contribution < -0.4 is 5.73 Å². The molecule has 0 aromatic rings. The molecule has 0 bridgehead atoms. The third-order valence-electron chi connectivity index (χ3n) is 3.72. The van der Waals surface area contributed by atoms with Crippen LogP contribution in [0.5, 0.6) is 0 Å². The minimum Gasteiger partial charge on any atom is -0.409 e. The van der Waals surface area contributed by atoms with E-state index < -0.39 is 0 Å². The van der Waals surface area contributed by atoms with Gasteiger partial charge in [-0.2, -0.15) is 0 Å².